The monoisotopic (exact) mass is 328 g/mol. The number of hydrogen-bond acceptors (Lipinski definition) is 5. The fourth-order valence-electron chi connectivity index (χ4n) is 2.19. The van der Waals surface area contributed by atoms with Crippen molar-refractivity contribution < 1.29 is 18.8 Å². The predicted molar refractivity (Wildman–Crippen MR) is 92.2 cm³/mol. The van der Waals surface area contributed by atoms with Gasteiger partial charge in [-0.2, -0.15) is 0 Å². The van der Waals surface area contributed by atoms with Gasteiger partial charge in [-0.25, -0.2) is 4.79 Å². The third-order valence-electron chi connectivity index (χ3n) is 4.25. The minimum atomic E-state index is -0.361. The highest BCUT2D eigenvalue weighted by atomic mass is 16.7. The number of likely N-dealkylation sites (tertiary alicyclic amines) is 1. The van der Waals surface area contributed by atoms with Crippen molar-refractivity contribution in [1.29, 1.82) is 0 Å². The smallest absolute Gasteiger partial charge is 0.444 e. The molecule has 2 saturated heterocycles. The Morgan fingerprint density at radius 1 is 1.09 bits per heavy atom. The fourth-order valence-corrected chi connectivity index (χ4v) is 2.19. The van der Waals surface area contributed by atoms with Crippen molar-refractivity contribution in [2.75, 3.05) is 20.1 Å². The van der Waals surface area contributed by atoms with Crippen LogP contribution in [0.15, 0.2) is 0 Å². The Labute approximate surface area is 141 Å². The van der Waals surface area contributed by atoms with Gasteiger partial charge in [0.15, 0.2) is 0 Å². The van der Waals surface area contributed by atoms with Crippen LogP contribution in [0.2, 0.25) is 0 Å². The number of rotatable bonds is 1. The number of nitrogens with one attached hydrogen (secondary N) is 1. The van der Waals surface area contributed by atoms with Crippen molar-refractivity contribution in [2.45, 2.75) is 78.1 Å². The third kappa shape index (κ3) is 5.97. The Morgan fingerprint density at radius 2 is 1.52 bits per heavy atom. The Morgan fingerprint density at radius 3 is 1.83 bits per heavy atom. The van der Waals surface area contributed by atoms with Crippen LogP contribution < -0.4 is 5.23 Å². The molecule has 2 fully saturated rings. The van der Waals surface area contributed by atoms with Gasteiger partial charge < -0.3 is 24.2 Å². The first-order valence-electron chi connectivity index (χ1n) is 8.39. The Kier molecular flexibility index (Phi) is 6.52. The molecule has 134 valence electrons. The van der Waals surface area contributed by atoms with Crippen molar-refractivity contribution in [1.82, 2.24) is 10.1 Å². The normalized spacial score (nSPS) is 22.6. The van der Waals surface area contributed by atoms with Gasteiger partial charge in [0.2, 0.25) is 0 Å². The van der Waals surface area contributed by atoms with E-state index in [4.69, 9.17) is 14.0 Å². The first-order valence-corrected chi connectivity index (χ1v) is 8.39. The second-order valence-corrected chi connectivity index (χ2v) is 8.05. The summed E-state index contributed by atoms with van der Waals surface area (Å²) < 4.78 is 16.4. The van der Waals surface area contributed by atoms with E-state index in [1.165, 1.54) is 0 Å². The molecule has 1 amide bonds. The zero-order chi connectivity index (χ0) is 17.9. The lowest BCUT2D eigenvalue weighted by atomic mass is 9.90. The fraction of sp³-hybridized carbons (Fsp3) is 0.938. The second-order valence-electron chi connectivity index (χ2n) is 8.05. The van der Waals surface area contributed by atoms with Crippen LogP contribution >= 0.6 is 0 Å². The maximum absolute atomic E-state index is 11.4. The molecule has 0 bridgehead atoms. The van der Waals surface area contributed by atoms with Crippen molar-refractivity contribution in [3.8, 4) is 0 Å². The van der Waals surface area contributed by atoms with Crippen molar-refractivity contribution >= 4 is 13.3 Å². The van der Waals surface area contributed by atoms with Gasteiger partial charge in [0.05, 0.1) is 11.2 Å². The van der Waals surface area contributed by atoms with Crippen LogP contribution in [0.5, 0.6) is 0 Å². The molecular weight excluding hydrogens is 295 g/mol. The summed E-state index contributed by atoms with van der Waals surface area (Å²) in [5, 5.41) is 2.93. The summed E-state index contributed by atoms with van der Waals surface area (Å²) in [4.78, 5) is 13.1. The highest BCUT2D eigenvalue weighted by Gasteiger charge is 2.50. The van der Waals surface area contributed by atoms with E-state index in [0.29, 0.717) is 0 Å². The summed E-state index contributed by atoms with van der Waals surface area (Å²) in [6.07, 6.45) is 2.05. The van der Waals surface area contributed by atoms with Crippen molar-refractivity contribution in [3.05, 3.63) is 0 Å². The molecule has 0 aromatic rings. The van der Waals surface area contributed by atoms with Gasteiger partial charge in [-0.3, -0.25) is 0 Å². The average molecular weight is 328 g/mol. The highest BCUT2D eigenvalue weighted by molar-refractivity contribution is 6.42. The molecule has 0 aliphatic carbocycles. The number of nitrogens with zero attached hydrogens (tertiary/aromatic N) is 1. The van der Waals surface area contributed by atoms with Crippen LogP contribution in [0.25, 0.3) is 0 Å². The van der Waals surface area contributed by atoms with E-state index in [1.54, 1.807) is 4.90 Å². The molecule has 2 aliphatic rings. The van der Waals surface area contributed by atoms with Gasteiger partial charge in [-0.15, -0.1) is 0 Å². The lowest BCUT2D eigenvalue weighted by molar-refractivity contribution is 0.00578. The minimum Gasteiger partial charge on any atom is -0.444 e. The molecule has 0 aromatic carbocycles. The Bertz CT molecular complexity index is 385. The topological polar surface area (TPSA) is 60.0 Å². The maximum Gasteiger partial charge on any atom is 0.555 e. The molecule has 0 unspecified atom stereocenters. The third-order valence-corrected chi connectivity index (χ3v) is 4.25. The van der Waals surface area contributed by atoms with Crippen LogP contribution in [0.4, 0.5) is 4.79 Å². The van der Waals surface area contributed by atoms with Crippen molar-refractivity contribution in [3.63, 3.8) is 0 Å². The SMILES string of the molecule is CC(C)(C)OC(=O)N1CCCC1.CNB1OC(C)(C)C(C)(C)O1. The predicted octanol–water partition coefficient (Wildman–Crippen LogP) is 2.81. The van der Waals surface area contributed by atoms with Crippen LogP contribution in [0.1, 0.15) is 61.3 Å². The minimum absolute atomic E-state index is 0.167. The lowest BCUT2D eigenvalue weighted by Crippen LogP contribution is -2.41. The van der Waals surface area contributed by atoms with Gasteiger partial charge in [0.1, 0.15) is 5.60 Å². The molecule has 2 rings (SSSR count). The van der Waals surface area contributed by atoms with E-state index in [0.717, 1.165) is 25.9 Å². The first kappa shape index (κ1) is 20.3. The zero-order valence-corrected chi connectivity index (χ0v) is 16.0. The lowest BCUT2D eigenvalue weighted by Gasteiger charge is -2.32. The zero-order valence-electron chi connectivity index (χ0n) is 16.0. The van der Waals surface area contributed by atoms with Crippen LogP contribution in [-0.4, -0.2) is 55.2 Å². The molecule has 0 spiro atoms. The second kappa shape index (κ2) is 7.41. The molecule has 1 N–H and O–H groups in total. The van der Waals surface area contributed by atoms with Crippen molar-refractivity contribution in [2.24, 2.45) is 0 Å². The van der Waals surface area contributed by atoms with E-state index in [9.17, 15) is 4.79 Å². The highest BCUT2D eigenvalue weighted by Crippen LogP contribution is 2.35. The van der Waals surface area contributed by atoms with Gasteiger partial charge in [0.25, 0.3) is 0 Å². The molecule has 2 aliphatic heterocycles. The summed E-state index contributed by atoms with van der Waals surface area (Å²) in [7, 11) is 1.56. The number of carbonyl (C=O) groups is 1. The van der Waals surface area contributed by atoms with Gasteiger partial charge in [-0.05, 0) is 68.4 Å². The molecule has 0 saturated carbocycles. The van der Waals surface area contributed by atoms with E-state index < -0.39 is 0 Å². The molecule has 2 heterocycles. The van der Waals surface area contributed by atoms with Gasteiger partial charge in [-0.1, -0.05) is 0 Å². The Balaban J connectivity index is 0.000000231. The summed E-state index contributed by atoms with van der Waals surface area (Å²) in [5.74, 6) is 0. The first-order chi connectivity index (χ1) is 10.4. The Hall–Kier alpha value is -0.785. The van der Waals surface area contributed by atoms with Crippen LogP contribution in [-0.2, 0) is 14.0 Å². The van der Waals surface area contributed by atoms with E-state index >= 15 is 0 Å². The molecular formula is C16H33BN2O4. The number of carbonyl (C=O) groups excluding carboxylic acids is 1. The molecule has 7 heteroatoms. The average Bonchev–Trinajstić information content (AvgIpc) is 2.95. The van der Waals surface area contributed by atoms with Crippen LogP contribution in [0.3, 0.4) is 0 Å². The largest absolute Gasteiger partial charge is 0.555 e. The van der Waals surface area contributed by atoms with Crippen LogP contribution in [0, 0.1) is 0 Å². The maximum atomic E-state index is 11.4. The molecule has 0 atom stereocenters. The van der Waals surface area contributed by atoms with Gasteiger partial charge >= 0.3 is 13.3 Å². The van der Waals surface area contributed by atoms with Gasteiger partial charge in [0, 0.05) is 13.1 Å². The standard InChI is InChI=1S/C9H17NO2.C7H16BNO2/c1-9(2,3)12-8(11)10-6-4-5-7-10;1-6(2)7(3,4)11-8(9-5)10-6/h4-7H2,1-3H3;9H,1-5H3. The number of hydrogen-bond donors (Lipinski definition) is 1. The molecule has 6 nitrogen and oxygen atoms in total. The molecule has 0 aromatic heterocycles. The van der Waals surface area contributed by atoms with E-state index in [2.05, 4.69) is 5.23 Å². The summed E-state index contributed by atoms with van der Waals surface area (Å²) in [6.45, 7) is 15.5. The summed E-state index contributed by atoms with van der Waals surface area (Å²) in [5.41, 5.74) is -0.805. The molecule has 23 heavy (non-hydrogen) atoms. The number of ether oxygens (including phenoxy) is 1. The quantitative estimate of drug-likeness (QED) is 0.750. The number of amides is 1. The molecule has 0 radical (unpaired) electrons. The van der Waals surface area contributed by atoms with E-state index in [1.807, 2.05) is 55.5 Å². The summed E-state index contributed by atoms with van der Waals surface area (Å²) >= 11 is 0. The van der Waals surface area contributed by atoms with E-state index in [-0.39, 0.29) is 30.1 Å². The summed E-state index contributed by atoms with van der Waals surface area (Å²) in [6, 6.07) is 0.